The Hall–Kier alpha value is -2.13. The largest absolute Gasteiger partial charge is 0.295 e. The minimum Gasteiger partial charge on any atom is -0.295 e. The molecule has 0 saturated carbocycles. The average Bonchev–Trinajstić information content (AvgIpc) is 2.53. The van der Waals surface area contributed by atoms with Gasteiger partial charge < -0.3 is 0 Å². The zero-order chi connectivity index (χ0) is 15.2. The lowest BCUT2D eigenvalue weighted by Crippen LogP contribution is -1.97. The highest BCUT2D eigenvalue weighted by molar-refractivity contribution is 7.98. The van der Waals surface area contributed by atoms with Gasteiger partial charge in [0.05, 0.1) is 0 Å². The second-order valence-electron chi connectivity index (χ2n) is 4.60. The Bertz CT molecular complexity index is 667. The molecule has 0 radical (unpaired) electrons. The van der Waals surface area contributed by atoms with E-state index in [2.05, 4.69) is 0 Å². The van der Waals surface area contributed by atoms with Crippen LogP contribution >= 0.6 is 11.8 Å². The molecule has 0 spiro atoms. The summed E-state index contributed by atoms with van der Waals surface area (Å²) in [4.78, 5) is 24.4. The van der Waals surface area contributed by atoms with E-state index in [0.717, 1.165) is 5.56 Å². The van der Waals surface area contributed by atoms with Gasteiger partial charge in [-0.15, -0.1) is 11.8 Å². The second-order valence-corrected chi connectivity index (χ2v) is 5.48. The van der Waals surface area contributed by atoms with Gasteiger partial charge in [-0.3, -0.25) is 9.59 Å². The normalized spacial score (nSPS) is 10.8. The molecule has 0 aliphatic rings. The van der Waals surface area contributed by atoms with E-state index in [1.165, 1.54) is 11.8 Å². The predicted octanol–water partition coefficient (Wildman–Crippen LogP) is 4.51. The van der Waals surface area contributed by atoms with Crippen molar-refractivity contribution >= 4 is 29.4 Å². The topological polar surface area (TPSA) is 34.1 Å². The van der Waals surface area contributed by atoms with Crippen molar-refractivity contribution < 1.29 is 9.59 Å². The molecule has 0 fully saturated rings. The fraction of sp³-hybridized carbons (Fsp3) is 0.111. The number of rotatable bonds is 5. The number of hydrogen-bond donors (Lipinski definition) is 0. The van der Waals surface area contributed by atoms with Gasteiger partial charge in [-0.2, -0.15) is 0 Å². The van der Waals surface area contributed by atoms with Crippen molar-refractivity contribution in [2.45, 2.75) is 11.8 Å². The first-order valence-corrected chi connectivity index (χ1v) is 7.80. The molecule has 0 unspecified atom stereocenters. The van der Waals surface area contributed by atoms with Gasteiger partial charge in [0, 0.05) is 16.0 Å². The van der Waals surface area contributed by atoms with Crippen molar-refractivity contribution in [3.05, 3.63) is 71.3 Å². The Morgan fingerprint density at radius 1 is 0.905 bits per heavy atom. The van der Waals surface area contributed by atoms with E-state index in [1.807, 2.05) is 30.5 Å². The summed E-state index contributed by atoms with van der Waals surface area (Å²) >= 11 is 1.68. The highest BCUT2D eigenvalue weighted by Gasteiger charge is 2.03. The molecule has 0 heterocycles. The van der Waals surface area contributed by atoms with E-state index in [9.17, 15) is 9.59 Å². The first-order chi connectivity index (χ1) is 10.1. The Kier molecular flexibility index (Phi) is 5.12. The second kappa shape index (κ2) is 7.04. The van der Waals surface area contributed by atoms with Crippen LogP contribution in [0, 0.1) is 0 Å². The van der Waals surface area contributed by atoms with E-state index >= 15 is 0 Å². The van der Waals surface area contributed by atoms with Crippen molar-refractivity contribution in [3.63, 3.8) is 0 Å². The van der Waals surface area contributed by atoms with Crippen LogP contribution in [-0.2, 0) is 0 Å². The van der Waals surface area contributed by atoms with E-state index in [-0.39, 0.29) is 11.6 Å². The monoisotopic (exact) mass is 296 g/mol. The number of benzene rings is 2. The highest BCUT2D eigenvalue weighted by atomic mass is 32.2. The molecule has 0 aliphatic carbocycles. The van der Waals surface area contributed by atoms with Crippen molar-refractivity contribution in [1.82, 2.24) is 0 Å². The van der Waals surface area contributed by atoms with Crippen molar-refractivity contribution in [3.8, 4) is 0 Å². The van der Waals surface area contributed by atoms with E-state index in [4.69, 9.17) is 0 Å². The molecule has 3 heteroatoms. The van der Waals surface area contributed by atoms with E-state index in [0.29, 0.717) is 11.1 Å². The Morgan fingerprint density at radius 2 is 1.48 bits per heavy atom. The summed E-state index contributed by atoms with van der Waals surface area (Å²) in [5.74, 6) is -0.0718. The summed E-state index contributed by atoms with van der Waals surface area (Å²) in [5.41, 5.74) is 2.18. The zero-order valence-corrected chi connectivity index (χ0v) is 12.8. The highest BCUT2D eigenvalue weighted by Crippen LogP contribution is 2.16. The van der Waals surface area contributed by atoms with Gasteiger partial charge in [0.15, 0.2) is 11.6 Å². The Labute approximate surface area is 128 Å². The lowest BCUT2D eigenvalue weighted by Gasteiger charge is -1.99. The van der Waals surface area contributed by atoms with Crippen LogP contribution in [0.3, 0.4) is 0 Å². The van der Waals surface area contributed by atoms with Crippen LogP contribution in [0.25, 0.3) is 6.08 Å². The quantitative estimate of drug-likeness (QED) is 0.462. The SMILES string of the molecule is CSc1ccc(/C=C/C(=O)c2ccc(C(C)=O)cc2)cc1. The van der Waals surface area contributed by atoms with Crippen molar-refractivity contribution in [1.29, 1.82) is 0 Å². The molecule has 21 heavy (non-hydrogen) atoms. The van der Waals surface area contributed by atoms with Crippen LogP contribution < -0.4 is 0 Å². The molecule has 0 amide bonds. The molecule has 0 bridgehead atoms. The summed E-state index contributed by atoms with van der Waals surface area (Å²) in [5, 5.41) is 0. The predicted molar refractivity (Wildman–Crippen MR) is 88.0 cm³/mol. The number of ketones is 2. The Balaban J connectivity index is 2.09. The third-order valence-electron chi connectivity index (χ3n) is 3.12. The summed E-state index contributed by atoms with van der Waals surface area (Å²) in [6.07, 6.45) is 5.38. The molecule has 106 valence electrons. The third-order valence-corrected chi connectivity index (χ3v) is 3.86. The molecule has 2 rings (SSSR count). The summed E-state index contributed by atoms with van der Waals surface area (Å²) in [7, 11) is 0. The lowest BCUT2D eigenvalue weighted by atomic mass is 10.1. The first kappa shape index (κ1) is 15.3. The summed E-state index contributed by atoms with van der Waals surface area (Å²) in [6, 6.07) is 14.7. The van der Waals surface area contributed by atoms with Crippen LogP contribution in [0.5, 0.6) is 0 Å². The van der Waals surface area contributed by atoms with E-state index in [1.54, 1.807) is 48.2 Å². The number of allylic oxidation sites excluding steroid dienone is 1. The minimum atomic E-state index is -0.0703. The number of carbonyl (C=O) groups excluding carboxylic acids is 2. The van der Waals surface area contributed by atoms with Gasteiger partial charge in [0.25, 0.3) is 0 Å². The standard InChI is InChI=1S/C18H16O2S/c1-13(19)15-6-8-16(9-7-15)18(20)12-5-14-3-10-17(21-2)11-4-14/h3-12H,1-2H3/b12-5+. The zero-order valence-electron chi connectivity index (χ0n) is 12.0. The molecular formula is C18H16O2S. The molecule has 0 atom stereocenters. The third kappa shape index (κ3) is 4.17. The molecular weight excluding hydrogens is 280 g/mol. The molecule has 0 saturated heterocycles. The fourth-order valence-electron chi connectivity index (χ4n) is 1.85. The van der Waals surface area contributed by atoms with Crippen LogP contribution in [0.2, 0.25) is 0 Å². The Morgan fingerprint density at radius 3 is 2.00 bits per heavy atom. The van der Waals surface area contributed by atoms with Crippen molar-refractivity contribution in [2.24, 2.45) is 0 Å². The molecule has 0 aromatic heterocycles. The summed E-state index contributed by atoms with van der Waals surface area (Å²) in [6.45, 7) is 1.51. The molecule has 2 nitrogen and oxygen atoms in total. The van der Waals surface area contributed by atoms with Gasteiger partial charge in [-0.05, 0) is 37.0 Å². The van der Waals surface area contributed by atoms with Crippen LogP contribution in [0.1, 0.15) is 33.2 Å². The maximum atomic E-state index is 12.0. The fourth-order valence-corrected chi connectivity index (χ4v) is 2.26. The molecule has 0 aliphatic heterocycles. The number of thioether (sulfide) groups is 1. The molecule has 2 aromatic carbocycles. The lowest BCUT2D eigenvalue weighted by molar-refractivity contribution is 0.101. The number of hydrogen-bond acceptors (Lipinski definition) is 3. The van der Waals surface area contributed by atoms with Gasteiger partial charge in [0.2, 0.25) is 0 Å². The number of Topliss-reactive ketones (excluding diaryl/α,β-unsaturated/α-hetero) is 1. The van der Waals surface area contributed by atoms with Gasteiger partial charge >= 0.3 is 0 Å². The van der Waals surface area contributed by atoms with Crippen LogP contribution in [0.15, 0.2) is 59.5 Å². The van der Waals surface area contributed by atoms with Gasteiger partial charge in [0.1, 0.15) is 0 Å². The maximum Gasteiger partial charge on any atom is 0.185 e. The van der Waals surface area contributed by atoms with E-state index < -0.39 is 0 Å². The number of carbonyl (C=O) groups is 2. The van der Waals surface area contributed by atoms with Gasteiger partial charge in [-0.1, -0.05) is 42.5 Å². The molecule has 0 N–H and O–H groups in total. The summed E-state index contributed by atoms with van der Waals surface area (Å²) < 4.78 is 0. The van der Waals surface area contributed by atoms with Crippen molar-refractivity contribution in [2.75, 3.05) is 6.26 Å². The smallest absolute Gasteiger partial charge is 0.185 e. The minimum absolute atomic E-state index is 0.00146. The average molecular weight is 296 g/mol. The first-order valence-electron chi connectivity index (χ1n) is 6.57. The molecule has 2 aromatic rings. The maximum absolute atomic E-state index is 12.0. The van der Waals surface area contributed by atoms with Crippen LogP contribution in [-0.4, -0.2) is 17.8 Å². The van der Waals surface area contributed by atoms with Gasteiger partial charge in [-0.25, -0.2) is 0 Å². The van der Waals surface area contributed by atoms with Crippen LogP contribution in [0.4, 0.5) is 0 Å².